The highest BCUT2D eigenvalue weighted by molar-refractivity contribution is 5.77. The molecule has 0 unspecified atom stereocenters. The van der Waals surface area contributed by atoms with E-state index in [1.807, 2.05) is 55.5 Å². The molecule has 3 N–H and O–H groups in total. The zero-order valence-electron chi connectivity index (χ0n) is 14.1. The molecular weight excluding hydrogens is 312 g/mol. The molecule has 5 heteroatoms. The van der Waals surface area contributed by atoms with Crippen LogP contribution in [0.3, 0.4) is 0 Å². The van der Waals surface area contributed by atoms with Crippen molar-refractivity contribution in [2.45, 2.75) is 13.5 Å². The number of benzene rings is 1. The predicted octanol–water partition coefficient (Wildman–Crippen LogP) is 4.03. The lowest BCUT2D eigenvalue weighted by molar-refractivity contribution is 0.301. The maximum Gasteiger partial charge on any atom is 0.130 e. The maximum atomic E-state index is 5.81. The molecule has 0 aliphatic carbocycles. The second-order valence-corrected chi connectivity index (χ2v) is 5.64. The van der Waals surface area contributed by atoms with Gasteiger partial charge < -0.3 is 15.8 Å². The molecule has 25 heavy (non-hydrogen) atoms. The quantitative estimate of drug-likeness (QED) is 0.713. The average Bonchev–Trinajstić information content (AvgIpc) is 2.64. The van der Waals surface area contributed by atoms with Crippen LogP contribution in [0.5, 0.6) is 5.75 Å². The van der Waals surface area contributed by atoms with Crippen LogP contribution in [0.2, 0.25) is 0 Å². The number of hydrogen-bond donors (Lipinski definition) is 2. The third kappa shape index (κ3) is 4.35. The average molecular weight is 332 g/mol. The fourth-order valence-electron chi connectivity index (χ4n) is 2.37. The number of nitrogens with one attached hydrogen (secondary N) is 1. The van der Waals surface area contributed by atoms with Crippen LogP contribution in [0, 0.1) is 6.92 Å². The van der Waals surface area contributed by atoms with Crippen molar-refractivity contribution in [3.63, 3.8) is 0 Å². The van der Waals surface area contributed by atoms with Gasteiger partial charge in [-0.1, -0.05) is 12.6 Å². The number of pyridine rings is 2. The molecule has 0 fully saturated rings. The lowest BCUT2D eigenvalue weighted by Gasteiger charge is -2.13. The fraction of sp³-hybridized carbons (Fsp3) is 0.100. The van der Waals surface area contributed by atoms with Gasteiger partial charge in [-0.3, -0.25) is 9.97 Å². The Hall–Kier alpha value is -3.34. The molecule has 3 rings (SSSR count). The summed E-state index contributed by atoms with van der Waals surface area (Å²) in [6, 6.07) is 15.3. The van der Waals surface area contributed by atoms with Gasteiger partial charge in [-0.25, -0.2) is 0 Å². The van der Waals surface area contributed by atoms with Crippen molar-refractivity contribution in [2.75, 3.05) is 11.1 Å². The van der Waals surface area contributed by atoms with Crippen molar-refractivity contribution in [3.8, 4) is 5.75 Å². The SMILES string of the molecule is C=C(Nc1ccc(OCc2ccccn2)cc1)c1cc(N)cnc1C. The highest BCUT2D eigenvalue weighted by atomic mass is 16.5. The second-order valence-electron chi connectivity index (χ2n) is 5.64. The van der Waals surface area contributed by atoms with Crippen molar-refractivity contribution in [1.29, 1.82) is 0 Å². The second kappa shape index (κ2) is 7.49. The minimum Gasteiger partial charge on any atom is -0.487 e. The van der Waals surface area contributed by atoms with Gasteiger partial charge in [0.1, 0.15) is 12.4 Å². The molecule has 3 aromatic rings. The monoisotopic (exact) mass is 332 g/mol. The van der Waals surface area contributed by atoms with Gasteiger partial charge in [-0.15, -0.1) is 0 Å². The molecule has 0 aliphatic heterocycles. The van der Waals surface area contributed by atoms with Gasteiger partial charge >= 0.3 is 0 Å². The summed E-state index contributed by atoms with van der Waals surface area (Å²) in [5.74, 6) is 0.781. The first-order chi connectivity index (χ1) is 12.1. The molecule has 0 atom stereocenters. The largest absolute Gasteiger partial charge is 0.487 e. The van der Waals surface area contributed by atoms with Crippen LogP contribution in [0.1, 0.15) is 17.0 Å². The number of anilines is 2. The number of nitrogens with two attached hydrogens (primary N) is 1. The Labute approximate surface area is 147 Å². The van der Waals surface area contributed by atoms with Crippen LogP contribution < -0.4 is 15.8 Å². The number of aromatic nitrogens is 2. The molecule has 1 aromatic carbocycles. The Balaban J connectivity index is 1.62. The van der Waals surface area contributed by atoms with Crippen LogP contribution in [0.25, 0.3) is 5.70 Å². The van der Waals surface area contributed by atoms with E-state index in [1.54, 1.807) is 12.4 Å². The number of aryl methyl sites for hydroxylation is 1. The topological polar surface area (TPSA) is 73.1 Å². The Morgan fingerprint density at radius 1 is 1.16 bits per heavy atom. The molecule has 0 bridgehead atoms. The molecule has 0 spiro atoms. The molecule has 2 aromatic heterocycles. The Morgan fingerprint density at radius 2 is 1.96 bits per heavy atom. The van der Waals surface area contributed by atoms with E-state index in [2.05, 4.69) is 21.9 Å². The van der Waals surface area contributed by atoms with E-state index >= 15 is 0 Å². The standard InChI is InChI=1S/C20H20N4O/c1-14-20(11-16(21)12-23-14)15(2)24-17-6-8-19(9-7-17)25-13-18-5-3-4-10-22-18/h3-12,24H,2,13,21H2,1H3. The molecule has 0 saturated heterocycles. The summed E-state index contributed by atoms with van der Waals surface area (Å²) in [4.78, 5) is 8.49. The van der Waals surface area contributed by atoms with Crippen LogP contribution in [-0.2, 0) is 6.61 Å². The fourth-order valence-corrected chi connectivity index (χ4v) is 2.37. The molecule has 126 valence electrons. The van der Waals surface area contributed by atoms with Gasteiger partial charge in [-0.05, 0) is 49.4 Å². The molecule has 0 saturated carbocycles. The maximum absolute atomic E-state index is 5.81. The number of nitrogens with zero attached hydrogens (tertiary/aromatic N) is 2. The number of nitrogen functional groups attached to an aromatic ring is 1. The van der Waals surface area contributed by atoms with Gasteiger partial charge in [0.15, 0.2) is 0 Å². The zero-order valence-corrected chi connectivity index (χ0v) is 14.1. The first-order valence-corrected chi connectivity index (χ1v) is 7.93. The molecular formula is C20H20N4O. The number of ether oxygens (including phenoxy) is 1. The number of rotatable bonds is 6. The predicted molar refractivity (Wildman–Crippen MR) is 101 cm³/mol. The minimum atomic E-state index is 0.439. The van der Waals surface area contributed by atoms with E-state index in [9.17, 15) is 0 Å². The summed E-state index contributed by atoms with van der Waals surface area (Å²) in [6.45, 7) is 6.44. The zero-order chi connectivity index (χ0) is 17.6. The van der Waals surface area contributed by atoms with Crippen LogP contribution in [-0.4, -0.2) is 9.97 Å². The smallest absolute Gasteiger partial charge is 0.130 e. The van der Waals surface area contributed by atoms with Crippen LogP contribution >= 0.6 is 0 Å². The number of hydrogen-bond acceptors (Lipinski definition) is 5. The van der Waals surface area contributed by atoms with Crippen molar-refractivity contribution in [1.82, 2.24) is 9.97 Å². The first kappa shape index (κ1) is 16.5. The van der Waals surface area contributed by atoms with Crippen molar-refractivity contribution in [2.24, 2.45) is 0 Å². The van der Waals surface area contributed by atoms with Crippen molar-refractivity contribution < 1.29 is 4.74 Å². The van der Waals surface area contributed by atoms with Gasteiger partial charge in [0.2, 0.25) is 0 Å². The normalized spacial score (nSPS) is 10.3. The summed E-state index contributed by atoms with van der Waals surface area (Å²) in [7, 11) is 0. The third-order valence-corrected chi connectivity index (χ3v) is 3.70. The minimum absolute atomic E-state index is 0.439. The van der Waals surface area contributed by atoms with E-state index in [0.29, 0.717) is 12.3 Å². The van der Waals surface area contributed by atoms with Gasteiger partial charge in [-0.2, -0.15) is 0 Å². The lowest BCUT2D eigenvalue weighted by atomic mass is 10.1. The highest BCUT2D eigenvalue weighted by Gasteiger charge is 2.06. The van der Waals surface area contributed by atoms with E-state index in [1.165, 1.54) is 0 Å². The first-order valence-electron chi connectivity index (χ1n) is 7.93. The summed E-state index contributed by atoms with van der Waals surface area (Å²) < 4.78 is 5.73. The van der Waals surface area contributed by atoms with Gasteiger partial charge in [0.05, 0.1) is 17.6 Å². The van der Waals surface area contributed by atoms with Crippen molar-refractivity contribution in [3.05, 3.63) is 84.5 Å². The molecule has 0 radical (unpaired) electrons. The molecule has 0 amide bonds. The van der Waals surface area contributed by atoms with Gasteiger partial charge in [0, 0.05) is 28.8 Å². The van der Waals surface area contributed by atoms with Crippen LogP contribution in [0.15, 0.2) is 67.5 Å². The van der Waals surface area contributed by atoms with Gasteiger partial charge in [0.25, 0.3) is 0 Å². The summed E-state index contributed by atoms with van der Waals surface area (Å²) >= 11 is 0. The Morgan fingerprint density at radius 3 is 2.68 bits per heavy atom. The van der Waals surface area contributed by atoms with E-state index in [0.717, 1.165) is 34.1 Å². The van der Waals surface area contributed by atoms with Crippen LogP contribution in [0.4, 0.5) is 11.4 Å². The Kier molecular flexibility index (Phi) is 4.95. The third-order valence-electron chi connectivity index (χ3n) is 3.70. The van der Waals surface area contributed by atoms with E-state index < -0.39 is 0 Å². The molecule has 0 aliphatic rings. The molecule has 2 heterocycles. The molecule has 5 nitrogen and oxygen atoms in total. The van der Waals surface area contributed by atoms with Crippen molar-refractivity contribution >= 4 is 17.1 Å². The van der Waals surface area contributed by atoms with E-state index in [-0.39, 0.29) is 0 Å². The summed E-state index contributed by atoms with van der Waals surface area (Å²) in [6.07, 6.45) is 3.39. The summed E-state index contributed by atoms with van der Waals surface area (Å²) in [5, 5.41) is 3.27. The Bertz CT molecular complexity index is 861. The van der Waals surface area contributed by atoms with E-state index in [4.69, 9.17) is 10.5 Å². The lowest BCUT2D eigenvalue weighted by Crippen LogP contribution is -2.02. The highest BCUT2D eigenvalue weighted by Crippen LogP contribution is 2.23. The summed E-state index contributed by atoms with van der Waals surface area (Å²) in [5.41, 5.74) is 10.7.